The maximum Gasteiger partial charge on any atom is 0.242 e. The molecule has 2 aromatic rings. The fraction of sp³-hybridized carbons (Fsp3) is 0.412. The second-order valence-electron chi connectivity index (χ2n) is 6.14. The molecule has 0 aliphatic heterocycles. The molecule has 1 aromatic heterocycles. The number of benzene rings is 1. The zero-order chi connectivity index (χ0) is 16.2. The Balaban J connectivity index is 2.30. The van der Waals surface area contributed by atoms with Gasteiger partial charge in [-0.05, 0) is 12.5 Å². The third-order valence-corrected chi connectivity index (χ3v) is 3.17. The van der Waals surface area contributed by atoms with Gasteiger partial charge in [0.25, 0.3) is 0 Å². The number of nitrogen functional groups attached to an aromatic ring is 1. The smallest absolute Gasteiger partial charge is 0.242 e. The SMILES string of the molecule is CCOc1nc(C(C)(C)C)nc(NCc2ccccc2)c1N. The predicted octanol–water partition coefficient (Wildman–Crippen LogP) is 3.37. The first kappa shape index (κ1) is 16.1. The van der Waals surface area contributed by atoms with Crippen molar-refractivity contribution in [3.8, 4) is 5.88 Å². The zero-order valence-corrected chi connectivity index (χ0v) is 13.7. The molecule has 0 aliphatic rings. The van der Waals surface area contributed by atoms with Gasteiger partial charge in [-0.1, -0.05) is 51.1 Å². The maximum absolute atomic E-state index is 6.13. The van der Waals surface area contributed by atoms with Crippen LogP contribution in [0.25, 0.3) is 0 Å². The van der Waals surface area contributed by atoms with Crippen LogP contribution in [-0.2, 0) is 12.0 Å². The highest BCUT2D eigenvalue weighted by Gasteiger charge is 2.22. The summed E-state index contributed by atoms with van der Waals surface area (Å²) >= 11 is 0. The van der Waals surface area contributed by atoms with Gasteiger partial charge in [-0.2, -0.15) is 4.98 Å². The van der Waals surface area contributed by atoms with Crippen LogP contribution in [0.2, 0.25) is 0 Å². The van der Waals surface area contributed by atoms with Crippen LogP contribution in [0.1, 0.15) is 39.1 Å². The van der Waals surface area contributed by atoms with Gasteiger partial charge in [0.2, 0.25) is 5.88 Å². The summed E-state index contributed by atoms with van der Waals surface area (Å²) in [6, 6.07) is 10.1. The quantitative estimate of drug-likeness (QED) is 0.885. The summed E-state index contributed by atoms with van der Waals surface area (Å²) in [5, 5.41) is 3.28. The number of ether oxygens (including phenoxy) is 1. The summed E-state index contributed by atoms with van der Waals surface area (Å²) in [6.07, 6.45) is 0. The average Bonchev–Trinajstić information content (AvgIpc) is 2.48. The Labute approximate surface area is 131 Å². The molecule has 2 rings (SSSR count). The molecule has 0 fully saturated rings. The molecule has 0 unspecified atom stereocenters. The van der Waals surface area contributed by atoms with E-state index in [2.05, 4.69) is 48.2 Å². The van der Waals surface area contributed by atoms with Gasteiger partial charge in [0.15, 0.2) is 5.82 Å². The minimum Gasteiger partial charge on any atom is -0.476 e. The van der Waals surface area contributed by atoms with E-state index in [1.54, 1.807) is 0 Å². The standard InChI is InChI=1S/C17H24N4O/c1-5-22-15-13(18)14(20-16(21-15)17(2,3)4)19-11-12-9-7-6-8-10-12/h6-10H,5,11,18H2,1-4H3,(H,19,20,21). The highest BCUT2D eigenvalue weighted by atomic mass is 16.5. The Hall–Kier alpha value is -2.30. The molecule has 0 bridgehead atoms. The number of rotatable bonds is 5. The number of hydrogen-bond donors (Lipinski definition) is 2. The molecule has 22 heavy (non-hydrogen) atoms. The average molecular weight is 300 g/mol. The fourth-order valence-corrected chi connectivity index (χ4v) is 1.95. The van der Waals surface area contributed by atoms with Crippen molar-refractivity contribution in [1.82, 2.24) is 9.97 Å². The van der Waals surface area contributed by atoms with Crippen LogP contribution in [0, 0.1) is 0 Å². The normalized spacial score (nSPS) is 11.3. The first-order valence-electron chi connectivity index (χ1n) is 7.50. The van der Waals surface area contributed by atoms with E-state index in [-0.39, 0.29) is 5.41 Å². The molecular weight excluding hydrogens is 276 g/mol. The molecule has 0 saturated heterocycles. The molecule has 0 aliphatic carbocycles. The number of nitrogens with one attached hydrogen (secondary N) is 1. The molecule has 5 nitrogen and oxygen atoms in total. The largest absolute Gasteiger partial charge is 0.476 e. The second kappa shape index (κ2) is 6.64. The van der Waals surface area contributed by atoms with Crippen molar-refractivity contribution in [2.75, 3.05) is 17.7 Å². The van der Waals surface area contributed by atoms with Crippen LogP contribution in [-0.4, -0.2) is 16.6 Å². The van der Waals surface area contributed by atoms with Gasteiger partial charge in [-0.3, -0.25) is 0 Å². The number of nitrogens with two attached hydrogens (primary N) is 1. The Morgan fingerprint density at radius 3 is 2.41 bits per heavy atom. The Morgan fingerprint density at radius 1 is 1.14 bits per heavy atom. The Morgan fingerprint density at radius 2 is 1.82 bits per heavy atom. The van der Waals surface area contributed by atoms with Crippen LogP contribution in [0.15, 0.2) is 30.3 Å². The van der Waals surface area contributed by atoms with Crippen molar-refractivity contribution < 1.29 is 4.74 Å². The monoisotopic (exact) mass is 300 g/mol. The molecule has 118 valence electrons. The first-order chi connectivity index (χ1) is 10.4. The maximum atomic E-state index is 6.13. The van der Waals surface area contributed by atoms with E-state index in [0.29, 0.717) is 36.4 Å². The van der Waals surface area contributed by atoms with E-state index in [1.165, 1.54) is 0 Å². The van der Waals surface area contributed by atoms with Gasteiger partial charge in [-0.15, -0.1) is 0 Å². The molecule has 3 N–H and O–H groups in total. The van der Waals surface area contributed by atoms with Crippen LogP contribution >= 0.6 is 0 Å². The van der Waals surface area contributed by atoms with Gasteiger partial charge in [-0.25, -0.2) is 4.98 Å². The fourth-order valence-electron chi connectivity index (χ4n) is 1.95. The van der Waals surface area contributed by atoms with Gasteiger partial charge in [0.05, 0.1) is 6.61 Å². The Kier molecular flexibility index (Phi) is 4.85. The van der Waals surface area contributed by atoms with E-state index >= 15 is 0 Å². The van der Waals surface area contributed by atoms with Crippen molar-refractivity contribution in [3.63, 3.8) is 0 Å². The predicted molar refractivity (Wildman–Crippen MR) is 90.1 cm³/mol. The number of anilines is 2. The first-order valence-corrected chi connectivity index (χ1v) is 7.50. The highest BCUT2D eigenvalue weighted by Crippen LogP contribution is 2.30. The summed E-state index contributed by atoms with van der Waals surface area (Å²) in [6.45, 7) is 9.27. The van der Waals surface area contributed by atoms with Crippen LogP contribution in [0.3, 0.4) is 0 Å². The number of nitrogens with zero attached hydrogens (tertiary/aromatic N) is 2. The summed E-state index contributed by atoms with van der Waals surface area (Å²) in [4.78, 5) is 9.02. The lowest BCUT2D eigenvalue weighted by molar-refractivity contribution is 0.324. The van der Waals surface area contributed by atoms with Crippen LogP contribution in [0.4, 0.5) is 11.5 Å². The topological polar surface area (TPSA) is 73.1 Å². The summed E-state index contributed by atoms with van der Waals surface area (Å²) in [5.74, 6) is 1.77. The van der Waals surface area contributed by atoms with E-state index in [0.717, 1.165) is 5.56 Å². The van der Waals surface area contributed by atoms with Gasteiger partial charge in [0.1, 0.15) is 11.5 Å². The summed E-state index contributed by atoms with van der Waals surface area (Å²) in [5.41, 5.74) is 7.57. The lowest BCUT2D eigenvalue weighted by Crippen LogP contribution is -2.19. The van der Waals surface area contributed by atoms with Crippen molar-refractivity contribution >= 4 is 11.5 Å². The number of aromatic nitrogens is 2. The van der Waals surface area contributed by atoms with Gasteiger partial charge >= 0.3 is 0 Å². The van der Waals surface area contributed by atoms with Crippen molar-refractivity contribution in [2.45, 2.75) is 39.7 Å². The minimum atomic E-state index is -0.178. The van der Waals surface area contributed by atoms with Gasteiger partial charge < -0.3 is 15.8 Å². The van der Waals surface area contributed by atoms with E-state index in [9.17, 15) is 0 Å². The van der Waals surface area contributed by atoms with Crippen LogP contribution in [0.5, 0.6) is 5.88 Å². The van der Waals surface area contributed by atoms with E-state index < -0.39 is 0 Å². The third-order valence-electron chi connectivity index (χ3n) is 3.17. The Bertz CT molecular complexity index is 621. The number of hydrogen-bond acceptors (Lipinski definition) is 5. The van der Waals surface area contributed by atoms with Gasteiger partial charge in [0, 0.05) is 12.0 Å². The van der Waals surface area contributed by atoms with E-state index in [4.69, 9.17) is 10.5 Å². The molecule has 0 saturated carbocycles. The zero-order valence-electron chi connectivity index (χ0n) is 13.7. The molecule has 1 aromatic carbocycles. The van der Waals surface area contributed by atoms with Crippen LogP contribution < -0.4 is 15.8 Å². The third kappa shape index (κ3) is 3.87. The van der Waals surface area contributed by atoms with Crippen molar-refractivity contribution in [2.24, 2.45) is 0 Å². The molecule has 1 heterocycles. The molecule has 5 heteroatoms. The van der Waals surface area contributed by atoms with Crippen molar-refractivity contribution in [3.05, 3.63) is 41.7 Å². The molecule has 0 amide bonds. The molecular formula is C17H24N4O. The summed E-state index contributed by atoms with van der Waals surface area (Å²) in [7, 11) is 0. The van der Waals surface area contributed by atoms with E-state index in [1.807, 2.05) is 25.1 Å². The summed E-state index contributed by atoms with van der Waals surface area (Å²) < 4.78 is 5.55. The van der Waals surface area contributed by atoms with Crippen molar-refractivity contribution in [1.29, 1.82) is 0 Å². The minimum absolute atomic E-state index is 0.178. The lowest BCUT2D eigenvalue weighted by atomic mass is 9.96. The molecule has 0 radical (unpaired) electrons. The second-order valence-corrected chi connectivity index (χ2v) is 6.14. The molecule has 0 atom stereocenters. The lowest BCUT2D eigenvalue weighted by Gasteiger charge is -2.20. The highest BCUT2D eigenvalue weighted by molar-refractivity contribution is 5.67. The molecule has 0 spiro atoms.